The van der Waals surface area contributed by atoms with Gasteiger partial charge in [-0.15, -0.1) is 0 Å². The van der Waals surface area contributed by atoms with Gasteiger partial charge in [0.05, 0.1) is 25.4 Å². The number of ether oxygens (including phenoxy) is 2. The molecule has 8 N–H and O–H groups in total. The first-order valence-electron chi connectivity index (χ1n) is 26.7. The molecule has 0 spiro atoms. The maximum absolute atomic E-state index is 13.1. The summed E-state index contributed by atoms with van der Waals surface area (Å²) in [5.74, 6) is -0.708. The zero-order valence-electron chi connectivity index (χ0n) is 41.0. The quantitative estimate of drug-likeness (QED) is 0.0216. The predicted octanol–water partition coefficient (Wildman–Crippen LogP) is 10.2. The van der Waals surface area contributed by atoms with E-state index < -0.39 is 74.2 Å². The Hall–Kier alpha value is -1.41. The van der Waals surface area contributed by atoms with Gasteiger partial charge in [-0.3, -0.25) is 4.79 Å². The first kappa shape index (κ1) is 60.6. The Kier molecular flexibility index (Phi) is 40.6. The van der Waals surface area contributed by atoms with Gasteiger partial charge >= 0.3 is 0 Å². The van der Waals surface area contributed by atoms with Crippen molar-refractivity contribution in [2.45, 2.75) is 294 Å². The Morgan fingerprint density at radius 2 is 0.922 bits per heavy atom. The number of aliphatic hydroxyl groups excluding tert-OH is 7. The standard InChI is InChI=1S/C53H101NO10/c1-3-5-7-9-11-13-14-15-16-17-18-19-20-21-22-23-24-25-26-27-28-29-30-31-32-33-35-37-39-41-46(57)52(62)54-44(43-63-53-51(61)50(60)49(59)47(42-55)64-53)48(58)45(56)40-38-36-34-12-10-8-6-4-2/h12,21-22,34,44-51,53,55-61H,3-11,13-20,23-33,35-43H2,1-2H3,(H,54,62)/b22-21-,34-12+. The fourth-order valence-corrected chi connectivity index (χ4v) is 8.55. The molecule has 0 bridgehead atoms. The second-order valence-corrected chi connectivity index (χ2v) is 18.9. The molecule has 1 heterocycles. The molecule has 0 aliphatic carbocycles. The minimum Gasteiger partial charge on any atom is -0.394 e. The lowest BCUT2D eigenvalue weighted by atomic mass is 9.98. The molecule has 1 aliphatic rings. The van der Waals surface area contributed by atoms with E-state index in [-0.39, 0.29) is 12.8 Å². The van der Waals surface area contributed by atoms with Gasteiger partial charge in [0, 0.05) is 0 Å². The third-order valence-electron chi connectivity index (χ3n) is 13.0. The van der Waals surface area contributed by atoms with E-state index >= 15 is 0 Å². The number of carbonyl (C=O) groups excluding carboxylic acids is 1. The van der Waals surface area contributed by atoms with Crippen LogP contribution in [0.2, 0.25) is 0 Å². The van der Waals surface area contributed by atoms with Crippen LogP contribution in [0, 0.1) is 0 Å². The zero-order valence-corrected chi connectivity index (χ0v) is 41.0. The summed E-state index contributed by atoms with van der Waals surface area (Å²) in [6.45, 7) is 3.37. The van der Waals surface area contributed by atoms with Crippen molar-refractivity contribution >= 4 is 5.91 Å². The highest BCUT2D eigenvalue weighted by atomic mass is 16.7. The molecule has 0 aromatic carbocycles. The fraction of sp³-hybridized carbons (Fsp3) is 0.906. The minimum absolute atomic E-state index is 0.255. The number of hydrogen-bond donors (Lipinski definition) is 8. The fourth-order valence-electron chi connectivity index (χ4n) is 8.55. The van der Waals surface area contributed by atoms with Crippen LogP contribution >= 0.6 is 0 Å². The van der Waals surface area contributed by atoms with Gasteiger partial charge in [0.15, 0.2) is 6.29 Å². The van der Waals surface area contributed by atoms with Crippen LogP contribution in [0.4, 0.5) is 0 Å². The highest BCUT2D eigenvalue weighted by Crippen LogP contribution is 2.23. The first-order valence-corrected chi connectivity index (χ1v) is 26.7. The molecule has 1 saturated heterocycles. The third-order valence-corrected chi connectivity index (χ3v) is 13.0. The summed E-state index contributed by atoms with van der Waals surface area (Å²) in [5.41, 5.74) is 0. The molecule has 0 radical (unpaired) electrons. The summed E-state index contributed by atoms with van der Waals surface area (Å²) in [5, 5.41) is 75.5. The van der Waals surface area contributed by atoms with Crippen LogP contribution in [-0.2, 0) is 14.3 Å². The number of carbonyl (C=O) groups is 1. The van der Waals surface area contributed by atoms with Gasteiger partial charge < -0.3 is 50.5 Å². The van der Waals surface area contributed by atoms with E-state index in [2.05, 4.69) is 43.5 Å². The second-order valence-electron chi connectivity index (χ2n) is 18.9. The average molecular weight is 912 g/mol. The minimum atomic E-state index is -1.66. The number of allylic oxidation sites excluding steroid dienone is 4. The van der Waals surface area contributed by atoms with Crippen LogP contribution in [0.3, 0.4) is 0 Å². The molecule has 1 fully saturated rings. The Balaban J connectivity index is 2.20. The molecule has 1 amide bonds. The van der Waals surface area contributed by atoms with Crippen LogP contribution in [-0.4, -0.2) is 110 Å². The Labute approximate surface area is 391 Å². The van der Waals surface area contributed by atoms with Gasteiger partial charge in [-0.05, 0) is 64.2 Å². The summed E-state index contributed by atoms with van der Waals surface area (Å²) in [6, 6.07) is -1.18. The molecule has 1 rings (SSSR count). The van der Waals surface area contributed by atoms with E-state index in [1.54, 1.807) is 0 Å². The van der Waals surface area contributed by atoms with Crippen LogP contribution in [0.15, 0.2) is 24.3 Å². The van der Waals surface area contributed by atoms with E-state index in [0.717, 1.165) is 44.9 Å². The second kappa shape index (κ2) is 42.9. The van der Waals surface area contributed by atoms with E-state index in [1.165, 1.54) is 154 Å². The van der Waals surface area contributed by atoms with Gasteiger partial charge in [-0.1, -0.05) is 199 Å². The van der Waals surface area contributed by atoms with Crippen molar-refractivity contribution in [3.63, 3.8) is 0 Å². The normalized spacial score (nSPS) is 21.2. The molecule has 0 aromatic heterocycles. The van der Waals surface area contributed by atoms with Gasteiger partial charge in [-0.25, -0.2) is 0 Å². The van der Waals surface area contributed by atoms with E-state index in [4.69, 9.17) is 9.47 Å². The maximum Gasteiger partial charge on any atom is 0.249 e. The predicted molar refractivity (Wildman–Crippen MR) is 261 cm³/mol. The number of unbranched alkanes of at least 4 members (excludes halogenated alkanes) is 29. The van der Waals surface area contributed by atoms with Gasteiger partial charge in [-0.2, -0.15) is 0 Å². The number of amides is 1. The molecule has 9 atom stereocenters. The van der Waals surface area contributed by atoms with Gasteiger partial charge in [0.1, 0.15) is 36.6 Å². The number of rotatable bonds is 45. The van der Waals surface area contributed by atoms with Crippen LogP contribution in [0.25, 0.3) is 0 Å². The summed E-state index contributed by atoms with van der Waals surface area (Å²) in [7, 11) is 0. The average Bonchev–Trinajstić information content (AvgIpc) is 3.29. The van der Waals surface area contributed by atoms with E-state index in [9.17, 15) is 40.5 Å². The lowest BCUT2D eigenvalue weighted by Gasteiger charge is -2.40. The Morgan fingerprint density at radius 1 is 0.531 bits per heavy atom. The van der Waals surface area contributed by atoms with Crippen LogP contribution in [0.5, 0.6) is 0 Å². The van der Waals surface area contributed by atoms with Gasteiger partial charge in [0.25, 0.3) is 0 Å². The smallest absolute Gasteiger partial charge is 0.249 e. The molecule has 0 aromatic rings. The molecular formula is C53H101NO10. The Morgan fingerprint density at radius 3 is 1.38 bits per heavy atom. The molecule has 11 heteroatoms. The lowest BCUT2D eigenvalue weighted by molar-refractivity contribution is -0.303. The summed E-state index contributed by atoms with van der Waals surface area (Å²) in [6.07, 6.45) is 38.6. The SMILES string of the molecule is CCCCC/C=C/CCCC(O)C(O)C(COC1OC(CO)C(O)C(O)C1O)NC(=O)C(O)CCCCCCCCCCCCCCC/C=C\CCCCCCCCCCCCCC. The topological polar surface area (TPSA) is 189 Å². The monoisotopic (exact) mass is 912 g/mol. The molecule has 0 saturated carbocycles. The highest BCUT2D eigenvalue weighted by molar-refractivity contribution is 5.80. The summed E-state index contributed by atoms with van der Waals surface area (Å²) in [4.78, 5) is 13.1. The molecule has 9 unspecified atom stereocenters. The first-order chi connectivity index (χ1) is 31.2. The van der Waals surface area contributed by atoms with Gasteiger partial charge in [0.2, 0.25) is 5.91 Å². The van der Waals surface area contributed by atoms with E-state index in [1.807, 2.05) is 0 Å². The van der Waals surface area contributed by atoms with Crippen molar-refractivity contribution < 1.29 is 50.0 Å². The summed E-state index contributed by atoms with van der Waals surface area (Å²) >= 11 is 0. The number of aliphatic hydroxyl groups is 7. The van der Waals surface area contributed by atoms with Crippen molar-refractivity contribution in [2.75, 3.05) is 13.2 Å². The molecule has 378 valence electrons. The zero-order chi connectivity index (χ0) is 46.9. The number of nitrogens with one attached hydrogen (secondary N) is 1. The lowest BCUT2D eigenvalue weighted by Crippen LogP contribution is -2.60. The van der Waals surface area contributed by atoms with Crippen LogP contribution < -0.4 is 5.32 Å². The molecule has 64 heavy (non-hydrogen) atoms. The third kappa shape index (κ3) is 31.5. The van der Waals surface area contributed by atoms with Crippen molar-refractivity contribution in [3.8, 4) is 0 Å². The maximum atomic E-state index is 13.1. The van der Waals surface area contributed by atoms with Crippen LogP contribution in [0.1, 0.15) is 239 Å². The molecule has 1 aliphatic heterocycles. The summed E-state index contributed by atoms with van der Waals surface area (Å²) < 4.78 is 11.1. The van der Waals surface area contributed by atoms with E-state index in [0.29, 0.717) is 12.8 Å². The Bertz CT molecular complexity index is 1090. The largest absolute Gasteiger partial charge is 0.394 e. The molecular weight excluding hydrogens is 811 g/mol. The molecule has 11 nitrogen and oxygen atoms in total. The van der Waals surface area contributed by atoms with Crippen molar-refractivity contribution in [3.05, 3.63) is 24.3 Å². The van der Waals surface area contributed by atoms with Crippen molar-refractivity contribution in [2.24, 2.45) is 0 Å². The van der Waals surface area contributed by atoms with Crippen molar-refractivity contribution in [1.29, 1.82) is 0 Å². The van der Waals surface area contributed by atoms with Crippen molar-refractivity contribution in [1.82, 2.24) is 5.32 Å². The highest BCUT2D eigenvalue weighted by Gasteiger charge is 2.44. The number of hydrogen-bond acceptors (Lipinski definition) is 10.